The maximum Gasteiger partial charge on any atom is 0.0905 e. The number of hydrogen-bond donors (Lipinski definition) is 1. The smallest absolute Gasteiger partial charge is 0.0905 e. The molecule has 2 bridgehead atoms. The number of nitrogens with two attached hydrogens (primary N) is 1. The van der Waals surface area contributed by atoms with E-state index in [4.69, 9.17) is 10.5 Å². The van der Waals surface area contributed by atoms with Crippen LogP contribution in [0, 0.1) is 5.92 Å². The van der Waals surface area contributed by atoms with Gasteiger partial charge in [0, 0.05) is 12.5 Å². The van der Waals surface area contributed by atoms with E-state index in [0.717, 1.165) is 6.54 Å². The molecule has 0 aromatic carbocycles. The van der Waals surface area contributed by atoms with Crippen LogP contribution >= 0.6 is 0 Å². The third kappa shape index (κ3) is 1.46. The molecule has 0 spiro atoms. The summed E-state index contributed by atoms with van der Waals surface area (Å²) in [6.07, 6.45) is 4.70. The molecule has 3 heteroatoms. The summed E-state index contributed by atoms with van der Waals surface area (Å²) in [5, 5.41) is 0. The highest BCUT2D eigenvalue weighted by molar-refractivity contribution is 5.77. The lowest BCUT2D eigenvalue weighted by molar-refractivity contribution is 0.0937. The number of fused-ring (bicyclic) bond motifs is 2. The third-order valence-corrected chi connectivity index (χ3v) is 2.81. The van der Waals surface area contributed by atoms with E-state index in [-0.39, 0.29) is 0 Å². The molecule has 2 aliphatic heterocycles. The van der Waals surface area contributed by atoms with E-state index < -0.39 is 0 Å². The van der Waals surface area contributed by atoms with Crippen LogP contribution in [0.25, 0.3) is 0 Å². The van der Waals surface area contributed by atoms with Crippen LogP contribution in [0.5, 0.6) is 0 Å². The fraction of sp³-hybridized carbons (Fsp3) is 0.889. The van der Waals surface area contributed by atoms with Crippen LogP contribution < -0.4 is 5.73 Å². The van der Waals surface area contributed by atoms with Crippen LogP contribution in [-0.2, 0) is 4.74 Å². The molecule has 2 heterocycles. The molecule has 3 nitrogen and oxygen atoms in total. The Morgan fingerprint density at radius 1 is 1.58 bits per heavy atom. The predicted molar refractivity (Wildman–Crippen MR) is 48.2 cm³/mol. The van der Waals surface area contributed by atoms with Crippen molar-refractivity contribution < 1.29 is 4.74 Å². The highest BCUT2D eigenvalue weighted by Gasteiger charge is 2.40. The fourth-order valence-corrected chi connectivity index (χ4v) is 2.20. The van der Waals surface area contributed by atoms with Crippen LogP contribution in [0.1, 0.15) is 26.2 Å². The summed E-state index contributed by atoms with van der Waals surface area (Å²) < 4.78 is 5.71. The van der Waals surface area contributed by atoms with Crippen molar-refractivity contribution in [1.82, 2.24) is 0 Å². The molecule has 0 aromatic rings. The van der Waals surface area contributed by atoms with E-state index in [0.29, 0.717) is 24.0 Å². The van der Waals surface area contributed by atoms with Crippen molar-refractivity contribution in [3.63, 3.8) is 0 Å². The number of hydrogen-bond acceptors (Lipinski definition) is 2. The van der Waals surface area contributed by atoms with Crippen LogP contribution in [0.3, 0.4) is 0 Å². The molecule has 2 saturated heterocycles. The van der Waals surface area contributed by atoms with E-state index in [1.54, 1.807) is 0 Å². The van der Waals surface area contributed by atoms with Gasteiger partial charge in [-0.3, -0.25) is 4.99 Å². The lowest BCUT2D eigenvalue weighted by Crippen LogP contribution is -2.20. The second-order valence-corrected chi connectivity index (χ2v) is 3.85. The summed E-state index contributed by atoms with van der Waals surface area (Å²) in [6.45, 7) is 2.71. The van der Waals surface area contributed by atoms with Gasteiger partial charge in [-0.1, -0.05) is 0 Å². The molecule has 3 atom stereocenters. The Labute approximate surface area is 73.0 Å². The molecule has 12 heavy (non-hydrogen) atoms. The van der Waals surface area contributed by atoms with Gasteiger partial charge in [0.05, 0.1) is 18.0 Å². The number of ether oxygens (including phenoxy) is 1. The Kier molecular flexibility index (Phi) is 2.05. The standard InChI is InChI=1S/C9H16N2O/c1-6(10)11-5-7-4-8-2-3-9(7)12-8/h7-9H,2-5H2,1H3,(H2,10,11). The second kappa shape index (κ2) is 3.05. The van der Waals surface area contributed by atoms with Gasteiger partial charge >= 0.3 is 0 Å². The summed E-state index contributed by atoms with van der Waals surface area (Å²) in [7, 11) is 0. The maximum absolute atomic E-state index is 5.71. The SMILES string of the molecule is CC(N)=NCC1CC2CCC1O2. The van der Waals surface area contributed by atoms with Crippen LogP contribution in [0.2, 0.25) is 0 Å². The van der Waals surface area contributed by atoms with E-state index in [9.17, 15) is 0 Å². The Hall–Kier alpha value is -0.570. The Morgan fingerprint density at radius 2 is 2.42 bits per heavy atom. The van der Waals surface area contributed by atoms with Gasteiger partial charge in [0.25, 0.3) is 0 Å². The quantitative estimate of drug-likeness (QED) is 0.492. The Balaban J connectivity index is 1.87. The minimum Gasteiger partial charge on any atom is -0.388 e. The first-order chi connectivity index (χ1) is 5.75. The lowest BCUT2D eigenvalue weighted by atomic mass is 9.89. The first kappa shape index (κ1) is 8.05. The van der Waals surface area contributed by atoms with E-state index in [2.05, 4.69) is 4.99 Å². The van der Waals surface area contributed by atoms with Crippen molar-refractivity contribution in [3.8, 4) is 0 Å². The van der Waals surface area contributed by atoms with E-state index in [1.807, 2.05) is 6.92 Å². The van der Waals surface area contributed by atoms with Crippen molar-refractivity contribution in [2.45, 2.75) is 38.4 Å². The van der Waals surface area contributed by atoms with Crippen LogP contribution in [0.4, 0.5) is 0 Å². The molecule has 2 fully saturated rings. The van der Waals surface area contributed by atoms with Crippen molar-refractivity contribution >= 4 is 5.84 Å². The zero-order valence-electron chi connectivity index (χ0n) is 7.49. The van der Waals surface area contributed by atoms with Crippen molar-refractivity contribution in [1.29, 1.82) is 0 Å². The molecule has 2 rings (SSSR count). The summed E-state index contributed by atoms with van der Waals surface area (Å²) in [5.41, 5.74) is 5.48. The first-order valence-corrected chi connectivity index (χ1v) is 4.67. The Bertz CT molecular complexity index is 199. The third-order valence-electron chi connectivity index (χ3n) is 2.81. The zero-order valence-corrected chi connectivity index (χ0v) is 7.49. The molecule has 0 aliphatic carbocycles. The molecule has 0 amide bonds. The molecule has 0 radical (unpaired) electrons. The van der Waals surface area contributed by atoms with Crippen molar-refractivity contribution in [2.24, 2.45) is 16.6 Å². The van der Waals surface area contributed by atoms with Gasteiger partial charge in [0.15, 0.2) is 0 Å². The van der Waals surface area contributed by atoms with Gasteiger partial charge in [0.1, 0.15) is 0 Å². The summed E-state index contributed by atoms with van der Waals surface area (Å²) in [5.74, 6) is 1.33. The van der Waals surface area contributed by atoms with Gasteiger partial charge in [-0.05, 0) is 26.2 Å². The monoisotopic (exact) mass is 168 g/mol. The van der Waals surface area contributed by atoms with Gasteiger partial charge in [0.2, 0.25) is 0 Å². The molecule has 0 saturated carbocycles. The Morgan fingerprint density at radius 3 is 2.92 bits per heavy atom. The lowest BCUT2D eigenvalue weighted by Gasteiger charge is -2.15. The largest absolute Gasteiger partial charge is 0.388 e. The minimum atomic E-state index is 0.484. The molecule has 68 valence electrons. The summed E-state index contributed by atoms with van der Waals surface area (Å²) >= 11 is 0. The number of aliphatic imine (C=N–C) groups is 1. The predicted octanol–water partition coefficient (Wildman–Crippen LogP) is 0.931. The van der Waals surface area contributed by atoms with Crippen molar-refractivity contribution in [3.05, 3.63) is 0 Å². The highest BCUT2D eigenvalue weighted by atomic mass is 16.5. The molecule has 2 aliphatic rings. The molecule has 2 N–H and O–H groups in total. The zero-order chi connectivity index (χ0) is 8.55. The summed E-state index contributed by atoms with van der Waals surface area (Å²) in [6, 6.07) is 0. The van der Waals surface area contributed by atoms with Gasteiger partial charge in [-0.2, -0.15) is 0 Å². The first-order valence-electron chi connectivity index (χ1n) is 4.67. The van der Waals surface area contributed by atoms with Gasteiger partial charge < -0.3 is 10.5 Å². The van der Waals surface area contributed by atoms with Crippen LogP contribution in [0.15, 0.2) is 4.99 Å². The number of rotatable bonds is 2. The maximum atomic E-state index is 5.71. The average Bonchev–Trinajstić information content (AvgIpc) is 2.60. The number of amidine groups is 1. The van der Waals surface area contributed by atoms with Crippen LogP contribution in [-0.4, -0.2) is 24.6 Å². The average molecular weight is 168 g/mol. The van der Waals surface area contributed by atoms with Gasteiger partial charge in [-0.15, -0.1) is 0 Å². The summed E-state index contributed by atoms with van der Waals surface area (Å²) in [4.78, 5) is 4.24. The minimum absolute atomic E-state index is 0.484. The molecule has 0 aromatic heterocycles. The topological polar surface area (TPSA) is 47.6 Å². The molecular weight excluding hydrogens is 152 g/mol. The fourth-order valence-electron chi connectivity index (χ4n) is 2.20. The molecular formula is C9H16N2O. The van der Waals surface area contributed by atoms with Crippen molar-refractivity contribution in [2.75, 3.05) is 6.54 Å². The van der Waals surface area contributed by atoms with E-state index in [1.165, 1.54) is 19.3 Å². The van der Waals surface area contributed by atoms with E-state index >= 15 is 0 Å². The highest BCUT2D eigenvalue weighted by Crippen LogP contribution is 2.38. The normalized spacial score (nSPS) is 40.8. The second-order valence-electron chi connectivity index (χ2n) is 3.85. The molecule has 3 unspecified atom stereocenters. The number of nitrogens with zero attached hydrogens (tertiary/aromatic N) is 1. The van der Waals surface area contributed by atoms with Gasteiger partial charge in [-0.25, -0.2) is 0 Å².